The minimum absolute atomic E-state index is 0. The minimum atomic E-state index is 0. The molecule has 1 fully saturated rings. The fraction of sp³-hybridized carbons (Fsp3) is 0.500. The SMILES string of the molecule is Cc1ccc(OC2CCNC2)cn1.Cl.Cl. The predicted molar refractivity (Wildman–Crippen MR) is 65.4 cm³/mol. The van der Waals surface area contributed by atoms with Gasteiger partial charge in [-0.25, -0.2) is 0 Å². The molecule has 0 aromatic carbocycles. The Hall–Kier alpha value is -0.510. The van der Waals surface area contributed by atoms with Crippen LogP contribution >= 0.6 is 24.8 Å². The Balaban J connectivity index is 0.000000980. The van der Waals surface area contributed by atoms with Crippen molar-refractivity contribution in [2.45, 2.75) is 19.4 Å². The van der Waals surface area contributed by atoms with Crippen molar-refractivity contribution in [2.75, 3.05) is 13.1 Å². The van der Waals surface area contributed by atoms with Gasteiger partial charge in [0, 0.05) is 12.2 Å². The molecule has 0 spiro atoms. The molecule has 0 aliphatic carbocycles. The second kappa shape index (κ2) is 6.88. The van der Waals surface area contributed by atoms with Gasteiger partial charge in [0.05, 0.1) is 6.20 Å². The normalized spacial score (nSPS) is 18.9. The lowest BCUT2D eigenvalue weighted by molar-refractivity contribution is 0.222. The first-order chi connectivity index (χ1) is 6.34. The van der Waals surface area contributed by atoms with Gasteiger partial charge in [0.1, 0.15) is 11.9 Å². The molecular formula is C10H16Cl2N2O. The molecular weight excluding hydrogens is 235 g/mol. The molecule has 1 unspecified atom stereocenters. The Morgan fingerprint density at radius 2 is 2.20 bits per heavy atom. The van der Waals surface area contributed by atoms with Crippen LogP contribution in [-0.4, -0.2) is 24.2 Å². The van der Waals surface area contributed by atoms with Crippen LogP contribution in [0.5, 0.6) is 5.75 Å². The van der Waals surface area contributed by atoms with Gasteiger partial charge in [0.15, 0.2) is 0 Å². The molecule has 0 amide bonds. The lowest BCUT2D eigenvalue weighted by Gasteiger charge is -2.11. The summed E-state index contributed by atoms with van der Waals surface area (Å²) in [6, 6.07) is 3.94. The molecule has 0 bridgehead atoms. The van der Waals surface area contributed by atoms with E-state index in [1.54, 1.807) is 6.20 Å². The molecule has 5 heteroatoms. The third kappa shape index (κ3) is 4.24. The first-order valence-electron chi connectivity index (χ1n) is 4.64. The number of rotatable bonds is 2. The minimum Gasteiger partial charge on any atom is -0.487 e. The molecule has 1 aromatic heterocycles. The van der Waals surface area contributed by atoms with Gasteiger partial charge < -0.3 is 10.1 Å². The van der Waals surface area contributed by atoms with Crippen LogP contribution in [0, 0.1) is 6.92 Å². The van der Waals surface area contributed by atoms with Gasteiger partial charge in [-0.1, -0.05) is 0 Å². The summed E-state index contributed by atoms with van der Waals surface area (Å²) in [5.41, 5.74) is 1.02. The molecule has 15 heavy (non-hydrogen) atoms. The van der Waals surface area contributed by atoms with E-state index >= 15 is 0 Å². The van der Waals surface area contributed by atoms with Crippen LogP contribution in [0.3, 0.4) is 0 Å². The molecule has 1 atom stereocenters. The Morgan fingerprint density at radius 1 is 1.40 bits per heavy atom. The van der Waals surface area contributed by atoms with Crippen molar-refractivity contribution in [1.29, 1.82) is 0 Å². The van der Waals surface area contributed by atoms with E-state index in [2.05, 4.69) is 10.3 Å². The highest BCUT2D eigenvalue weighted by molar-refractivity contribution is 5.85. The largest absolute Gasteiger partial charge is 0.487 e. The van der Waals surface area contributed by atoms with Crippen LogP contribution in [0.4, 0.5) is 0 Å². The summed E-state index contributed by atoms with van der Waals surface area (Å²) in [7, 11) is 0. The van der Waals surface area contributed by atoms with E-state index in [-0.39, 0.29) is 24.8 Å². The van der Waals surface area contributed by atoms with Gasteiger partial charge in [-0.05, 0) is 32.0 Å². The summed E-state index contributed by atoms with van der Waals surface area (Å²) < 4.78 is 5.71. The monoisotopic (exact) mass is 250 g/mol. The van der Waals surface area contributed by atoms with E-state index in [4.69, 9.17) is 4.74 Å². The summed E-state index contributed by atoms with van der Waals surface area (Å²) >= 11 is 0. The number of hydrogen-bond donors (Lipinski definition) is 1. The molecule has 2 heterocycles. The third-order valence-corrected chi connectivity index (χ3v) is 2.20. The lowest BCUT2D eigenvalue weighted by atomic mass is 10.3. The van der Waals surface area contributed by atoms with Crippen LogP contribution in [0.25, 0.3) is 0 Å². The van der Waals surface area contributed by atoms with Gasteiger partial charge in [-0.3, -0.25) is 4.98 Å². The zero-order valence-electron chi connectivity index (χ0n) is 8.60. The quantitative estimate of drug-likeness (QED) is 0.872. The maximum Gasteiger partial charge on any atom is 0.138 e. The molecule has 0 radical (unpaired) electrons. The Morgan fingerprint density at radius 3 is 2.73 bits per heavy atom. The van der Waals surface area contributed by atoms with E-state index < -0.39 is 0 Å². The summed E-state index contributed by atoms with van der Waals surface area (Å²) in [5.74, 6) is 0.874. The fourth-order valence-electron chi connectivity index (χ4n) is 1.45. The van der Waals surface area contributed by atoms with Crippen LogP contribution in [0.15, 0.2) is 18.3 Å². The maximum atomic E-state index is 5.71. The predicted octanol–water partition coefficient (Wildman–Crippen LogP) is 1.97. The number of aryl methyl sites for hydroxylation is 1. The number of hydrogen-bond acceptors (Lipinski definition) is 3. The Bertz CT molecular complexity index is 273. The van der Waals surface area contributed by atoms with Gasteiger partial charge in [0.2, 0.25) is 0 Å². The maximum absolute atomic E-state index is 5.71. The fourth-order valence-corrected chi connectivity index (χ4v) is 1.45. The molecule has 86 valence electrons. The summed E-state index contributed by atoms with van der Waals surface area (Å²) in [4.78, 5) is 4.18. The van der Waals surface area contributed by atoms with Crippen molar-refractivity contribution in [1.82, 2.24) is 10.3 Å². The highest BCUT2D eigenvalue weighted by atomic mass is 35.5. The second-order valence-electron chi connectivity index (χ2n) is 3.37. The number of aromatic nitrogens is 1. The first kappa shape index (κ1) is 14.5. The molecule has 3 nitrogen and oxygen atoms in total. The van der Waals surface area contributed by atoms with Crippen molar-refractivity contribution in [2.24, 2.45) is 0 Å². The molecule has 1 aromatic rings. The van der Waals surface area contributed by atoms with E-state index in [1.165, 1.54) is 0 Å². The van der Waals surface area contributed by atoms with Crippen molar-refractivity contribution < 1.29 is 4.74 Å². The first-order valence-corrected chi connectivity index (χ1v) is 4.64. The van der Waals surface area contributed by atoms with E-state index in [0.717, 1.165) is 31.0 Å². The van der Waals surface area contributed by atoms with Gasteiger partial charge in [-0.2, -0.15) is 0 Å². The smallest absolute Gasteiger partial charge is 0.138 e. The number of nitrogens with one attached hydrogen (secondary N) is 1. The molecule has 2 rings (SSSR count). The molecule has 1 N–H and O–H groups in total. The van der Waals surface area contributed by atoms with Gasteiger partial charge in [-0.15, -0.1) is 24.8 Å². The zero-order valence-corrected chi connectivity index (χ0v) is 10.2. The van der Waals surface area contributed by atoms with Crippen molar-refractivity contribution in [3.05, 3.63) is 24.0 Å². The van der Waals surface area contributed by atoms with Crippen LogP contribution < -0.4 is 10.1 Å². The van der Waals surface area contributed by atoms with Crippen LogP contribution in [0.1, 0.15) is 12.1 Å². The number of halogens is 2. The van der Waals surface area contributed by atoms with E-state index in [1.807, 2.05) is 19.1 Å². The zero-order chi connectivity index (χ0) is 9.10. The second-order valence-corrected chi connectivity index (χ2v) is 3.37. The van der Waals surface area contributed by atoms with Crippen LogP contribution in [-0.2, 0) is 0 Å². The van der Waals surface area contributed by atoms with Gasteiger partial charge >= 0.3 is 0 Å². The summed E-state index contributed by atoms with van der Waals surface area (Å²) in [6.45, 7) is 3.98. The number of pyridine rings is 1. The van der Waals surface area contributed by atoms with Crippen LogP contribution in [0.2, 0.25) is 0 Å². The molecule has 1 aliphatic rings. The number of nitrogens with zero attached hydrogens (tertiary/aromatic N) is 1. The molecule has 0 saturated carbocycles. The van der Waals surface area contributed by atoms with Crippen molar-refractivity contribution in [3.63, 3.8) is 0 Å². The lowest BCUT2D eigenvalue weighted by Crippen LogP contribution is -2.19. The average Bonchev–Trinajstić information content (AvgIpc) is 2.62. The summed E-state index contributed by atoms with van der Waals surface area (Å²) in [6.07, 6.45) is 3.20. The average molecular weight is 251 g/mol. The third-order valence-electron chi connectivity index (χ3n) is 2.20. The standard InChI is InChI=1S/C10H14N2O.2ClH/c1-8-2-3-9(7-12-8)13-10-4-5-11-6-10;;/h2-3,7,10-11H,4-6H2,1H3;2*1H. The van der Waals surface area contributed by atoms with E-state index in [9.17, 15) is 0 Å². The summed E-state index contributed by atoms with van der Waals surface area (Å²) in [5, 5.41) is 3.26. The highest BCUT2D eigenvalue weighted by Gasteiger charge is 2.15. The van der Waals surface area contributed by atoms with Crippen molar-refractivity contribution >= 4 is 24.8 Å². The van der Waals surface area contributed by atoms with Crippen molar-refractivity contribution in [3.8, 4) is 5.75 Å². The highest BCUT2D eigenvalue weighted by Crippen LogP contribution is 2.13. The van der Waals surface area contributed by atoms with E-state index in [0.29, 0.717) is 6.10 Å². The molecule has 1 aliphatic heterocycles. The topological polar surface area (TPSA) is 34.1 Å². The Labute approximate surface area is 102 Å². The number of ether oxygens (including phenoxy) is 1. The Kier molecular flexibility index (Phi) is 6.65. The van der Waals surface area contributed by atoms with Gasteiger partial charge in [0.25, 0.3) is 0 Å². The molecule has 1 saturated heterocycles.